The van der Waals surface area contributed by atoms with Gasteiger partial charge < -0.3 is 10.3 Å². The topological polar surface area (TPSA) is 96.7 Å². The smallest absolute Gasteiger partial charge is 0.227 e. The van der Waals surface area contributed by atoms with Crippen LogP contribution >= 0.6 is 0 Å². The van der Waals surface area contributed by atoms with Gasteiger partial charge in [0.15, 0.2) is 11.5 Å². The molecular weight excluding hydrogens is 371 g/mol. The van der Waals surface area contributed by atoms with Gasteiger partial charge in [0.1, 0.15) is 5.82 Å². The van der Waals surface area contributed by atoms with Crippen molar-refractivity contribution in [2.75, 3.05) is 11.9 Å². The molecule has 0 radical (unpaired) electrons. The van der Waals surface area contributed by atoms with Gasteiger partial charge in [-0.25, -0.2) is 9.37 Å². The molecule has 0 atom stereocenters. The second kappa shape index (κ2) is 6.93. The van der Waals surface area contributed by atoms with Crippen molar-refractivity contribution in [2.45, 2.75) is 13.3 Å². The van der Waals surface area contributed by atoms with Gasteiger partial charge in [-0.3, -0.25) is 9.97 Å². The van der Waals surface area contributed by atoms with Crippen molar-refractivity contribution < 1.29 is 4.39 Å². The first-order valence-electron chi connectivity index (χ1n) is 9.17. The van der Waals surface area contributed by atoms with Crippen molar-refractivity contribution in [3.8, 4) is 11.4 Å². The molecule has 5 heterocycles. The zero-order valence-corrected chi connectivity index (χ0v) is 15.6. The Labute approximate surface area is 164 Å². The van der Waals surface area contributed by atoms with E-state index in [1.807, 2.05) is 25.3 Å². The quantitative estimate of drug-likeness (QED) is 0.480. The Bertz CT molecular complexity index is 1320. The maximum atomic E-state index is 13.6. The number of rotatable bonds is 5. The molecule has 144 valence electrons. The number of fused-ring (bicyclic) bond motifs is 2. The molecule has 0 aromatic carbocycles. The number of H-pyrrole nitrogens is 1. The van der Waals surface area contributed by atoms with E-state index in [4.69, 9.17) is 0 Å². The Morgan fingerprint density at radius 3 is 3.03 bits per heavy atom. The highest BCUT2D eigenvalue weighted by Gasteiger charge is 2.13. The third-order valence-electron chi connectivity index (χ3n) is 4.70. The minimum Gasteiger partial charge on any atom is -0.360 e. The summed E-state index contributed by atoms with van der Waals surface area (Å²) in [6, 6.07) is 5.27. The molecule has 0 aliphatic heterocycles. The monoisotopic (exact) mass is 388 g/mol. The molecule has 0 saturated heterocycles. The van der Waals surface area contributed by atoms with Crippen LogP contribution in [0.1, 0.15) is 11.1 Å². The molecule has 0 bridgehead atoms. The van der Waals surface area contributed by atoms with E-state index in [2.05, 4.69) is 35.3 Å². The van der Waals surface area contributed by atoms with Crippen molar-refractivity contribution in [1.29, 1.82) is 0 Å². The molecule has 29 heavy (non-hydrogen) atoms. The van der Waals surface area contributed by atoms with Crippen LogP contribution in [-0.2, 0) is 6.42 Å². The average Bonchev–Trinajstić information content (AvgIpc) is 3.32. The average molecular weight is 388 g/mol. The van der Waals surface area contributed by atoms with Crippen molar-refractivity contribution in [1.82, 2.24) is 34.5 Å². The van der Waals surface area contributed by atoms with E-state index in [9.17, 15) is 4.39 Å². The lowest BCUT2D eigenvalue weighted by atomic mass is 10.2. The largest absolute Gasteiger partial charge is 0.360 e. The molecule has 8 nitrogen and oxygen atoms in total. The number of anilines is 1. The fourth-order valence-corrected chi connectivity index (χ4v) is 3.28. The molecule has 0 aliphatic carbocycles. The summed E-state index contributed by atoms with van der Waals surface area (Å²) in [6.07, 6.45) is 8.93. The zero-order chi connectivity index (χ0) is 19.8. The molecule has 5 rings (SSSR count). The highest BCUT2D eigenvalue weighted by atomic mass is 19.1. The number of pyridine rings is 2. The predicted octanol–water partition coefficient (Wildman–Crippen LogP) is 3.16. The van der Waals surface area contributed by atoms with Gasteiger partial charge in [-0.15, -0.1) is 0 Å². The molecule has 0 fully saturated rings. The first-order valence-corrected chi connectivity index (χ1v) is 9.17. The Hall–Kier alpha value is -3.88. The Balaban J connectivity index is 1.46. The number of halogens is 1. The summed E-state index contributed by atoms with van der Waals surface area (Å²) in [7, 11) is 0. The van der Waals surface area contributed by atoms with Crippen molar-refractivity contribution in [3.63, 3.8) is 0 Å². The van der Waals surface area contributed by atoms with E-state index in [0.717, 1.165) is 34.8 Å². The van der Waals surface area contributed by atoms with Crippen LogP contribution in [0, 0.1) is 12.7 Å². The van der Waals surface area contributed by atoms with Crippen LogP contribution in [0.2, 0.25) is 0 Å². The number of hydrogen-bond acceptors (Lipinski definition) is 6. The van der Waals surface area contributed by atoms with Gasteiger partial charge in [0.25, 0.3) is 0 Å². The fraction of sp³-hybridized carbons (Fsp3) is 0.150. The Kier molecular flexibility index (Phi) is 4.12. The summed E-state index contributed by atoms with van der Waals surface area (Å²) in [5, 5.41) is 7.68. The van der Waals surface area contributed by atoms with Crippen LogP contribution in [-0.4, -0.2) is 41.1 Å². The number of hydrogen-bond donors (Lipinski definition) is 2. The van der Waals surface area contributed by atoms with Gasteiger partial charge in [0.05, 0.1) is 23.4 Å². The third-order valence-corrected chi connectivity index (χ3v) is 4.70. The van der Waals surface area contributed by atoms with E-state index >= 15 is 0 Å². The Morgan fingerprint density at radius 2 is 2.14 bits per heavy atom. The second-order valence-electron chi connectivity index (χ2n) is 6.72. The minimum atomic E-state index is -0.433. The molecule has 9 heteroatoms. The molecule has 0 saturated carbocycles. The van der Waals surface area contributed by atoms with Gasteiger partial charge >= 0.3 is 0 Å². The van der Waals surface area contributed by atoms with E-state index < -0.39 is 5.82 Å². The van der Waals surface area contributed by atoms with Gasteiger partial charge in [-0.05, 0) is 37.1 Å². The zero-order valence-electron chi connectivity index (χ0n) is 15.6. The number of nitrogens with one attached hydrogen (secondary N) is 2. The van der Waals surface area contributed by atoms with Crippen LogP contribution in [0.4, 0.5) is 10.3 Å². The lowest BCUT2D eigenvalue weighted by Gasteiger charge is -2.09. The maximum Gasteiger partial charge on any atom is 0.227 e. The van der Waals surface area contributed by atoms with Gasteiger partial charge in [0.2, 0.25) is 5.95 Å². The molecule has 5 aromatic heterocycles. The molecule has 0 spiro atoms. The van der Waals surface area contributed by atoms with E-state index in [-0.39, 0.29) is 0 Å². The standard InChI is InChI=1S/C20H17FN8/c1-12-8-26-29-19(12)27-18(14-7-15(21)11-22-9-14)28-20(29)24-6-4-13-10-25-16-3-2-5-23-17(13)16/h2-3,5,7-11,25H,4,6H2,1H3,(H,24,27,28). The third kappa shape index (κ3) is 3.16. The highest BCUT2D eigenvalue weighted by Crippen LogP contribution is 2.21. The molecule has 0 unspecified atom stereocenters. The number of aromatic amines is 1. The maximum absolute atomic E-state index is 13.6. The summed E-state index contributed by atoms with van der Waals surface area (Å²) in [6.45, 7) is 2.54. The van der Waals surface area contributed by atoms with Crippen LogP contribution in [0.5, 0.6) is 0 Å². The van der Waals surface area contributed by atoms with Crippen molar-refractivity contribution in [3.05, 3.63) is 66.1 Å². The van der Waals surface area contributed by atoms with Crippen LogP contribution in [0.25, 0.3) is 28.1 Å². The van der Waals surface area contributed by atoms with E-state index in [1.54, 1.807) is 23.1 Å². The summed E-state index contributed by atoms with van der Waals surface area (Å²) >= 11 is 0. The second-order valence-corrected chi connectivity index (χ2v) is 6.72. The fourth-order valence-electron chi connectivity index (χ4n) is 3.28. The van der Waals surface area contributed by atoms with E-state index in [0.29, 0.717) is 29.5 Å². The first kappa shape index (κ1) is 17.2. The summed E-state index contributed by atoms with van der Waals surface area (Å²) in [5.74, 6) is 0.497. The van der Waals surface area contributed by atoms with Crippen molar-refractivity contribution in [2.24, 2.45) is 0 Å². The number of aryl methyl sites for hydroxylation is 1. The normalized spacial score (nSPS) is 11.4. The molecule has 5 aromatic rings. The van der Waals surface area contributed by atoms with Crippen LogP contribution in [0.15, 0.2) is 49.2 Å². The molecular formula is C20H17FN8. The van der Waals surface area contributed by atoms with Crippen LogP contribution in [0.3, 0.4) is 0 Å². The van der Waals surface area contributed by atoms with Crippen molar-refractivity contribution >= 4 is 22.6 Å². The number of aromatic nitrogens is 7. The van der Waals surface area contributed by atoms with Crippen LogP contribution < -0.4 is 5.32 Å². The molecule has 0 aliphatic rings. The SMILES string of the molecule is Cc1cnn2c(NCCc3c[nH]c4cccnc34)nc(-c3cncc(F)c3)nc12. The predicted molar refractivity (Wildman–Crippen MR) is 107 cm³/mol. The van der Waals surface area contributed by atoms with Gasteiger partial charge in [0, 0.05) is 36.3 Å². The first-order chi connectivity index (χ1) is 14.2. The summed E-state index contributed by atoms with van der Waals surface area (Å²) < 4.78 is 15.3. The molecule has 0 amide bonds. The lowest BCUT2D eigenvalue weighted by Crippen LogP contribution is -2.12. The lowest BCUT2D eigenvalue weighted by molar-refractivity contribution is 0.622. The highest BCUT2D eigenvalue weighted by molar-refractivity contribution is 5.78. The van der Waals surface area contributed by atoms with E-state index in [1.165, 1.54) is 6.07 Å². The molecule has 2 N–H and O–H groups in total. The van der Waals surface area contributed by atoms with Gasteiger partial charge in [-0.1, -0.05) is 0 Å². The number of nitrogens with zero attached hydrogens (tertiary/aromatic N) is 6. The minimum absolute atomic E-state index is 0.393. The summed E-state index contributed by atoms with van der Waals surface area (Å²) in [4.78, 5) is 20.7. The van der Waals surface area contributed by atoms with Gasteiger partial charge in [-0.2, -0.15) is 14.6 Å². The Morgan fingerprint density at radius 1 is 1.21 bits per heavy atom. The summed E-state index contributed by atoms with van der Waals surface area (Å²) in [5.41, 5.74) is 5.16.